The number of carboxylic acid groups (broad SMARTS) is 2. The van der Waals surface area contributed by atoms with E-state index in [2.05, 4.69) is 26.1 Å². The van der Waals surface area contributed by atoms with Gasteiger partial charge >= 0.3 is 5.97 Å². The van der Waals surface area contributed by atoms with Crippen LogP contribution in [0.25, 0.3) is 0 Å². The van der Waals surface area contributed by atoms with Crippen molar-refractivity contribution in [1.82, 2.24) is 20.5 Å². The lowest BCUT2D eigenvalue weighted by molar-refractivity contribution is -0.689. The summed E-state index contributed by atoms with van der Waals surface area (Å²) in [6.45, 7) is 3.27. The van der Waals surface area contributed by atoms with Gasteiger partial charge in [-0.3, -0.25) is 14.5 Å². The lowest BCUT2D eigenvalue weighted by atomic mass is 10.0. The normalized spacial score (nSPS) is 22.5. The first-order chi connectivity index (χ1) is 20.5. The maximum absolute atomic E-state index is 13.2. The zero-order chi connectivity index (χ0) is 30.8. The first-order valence-electron chi connectivity index (χ1n) is 13.1. The maximum atomic E-state index is 13.2. The Morgan fingerprint density at radius 2 is 2.14 bits per heavy atom. The highest BCUT2D eigenvalue weighted by Crippen LogP contribution is 2.40. The summed E-state index contributed by atoms with van der Waals surface area (Å²) in [7, 11) is 0. The van der Waals surface area contributed by atoms with Gasteiger partial charge < -0.3 is 41.5 Å². The average Bonchev–Trinajstić information content (AvgIpc) is 3.60. The number of thiazole rings is 1. The van der Waals surface area contributed by atoms with Crippen molar-refractivity contribution in [3.8, 4) is 0 Å². The smallest absolute Gasteiger partial charge is 0.347 e. The molecule has 3 aliphatic rings. The summed E-state index contributed by atoms with van der Waals surface area (Å²) in [6.07, 6.45) is 3.27. The molecule has 0 aliphatic carbocycles. The summed E-state index contributed by atoms with van der Waals surface area (Å²) in [6, 6.07) is 3.03. The van der Waals surface area contributed by atoms with Gasteiger partial charge in [0.15, 0.2) is 29.8 Å². The number of pyridine rings is 1. The monoisotopic (exact) mass is 650 g/mol. The number of β-lactam (4-membered cyclic amide) rings is 1. The van der Waals surface area contributed by atoms with Crippen LogP contribution in [0, 0.1) is 0 Å². The Labute approximate surface area is 258 Å². The molecule has 4 atom stereocenters. The number of aromatic nitrogens is 2. The summed E-state index contributed by atoms with van der Waals surface area (Å²) >= 11 is 8.28. The highest BCUT2D eigenvalue weighted by atomic mass is 35.5. The number of halogens is 1. The van der Waals surface area contributed by atoms with E-state index in [1.165, 1.54) is 18.7 Å². The predicted octanol–water partition coefficient (Wildman–Crippen LogP) is -1.26. The van der Waals surface area contributed by atoms with Crippen molar-refractivity contribution in [2.45, 2.75) is 43.5 Å². The molecular formula is C25H27ClN8O7S2. The number of nitrogens with one attached hydrogen (secondary N) is 3. The van der Waals surface area contributed by atoms with E-state index >= 15 is 0 Å². The molecule has 3 aliphatic heterocycles. The van der Waals surface area contributed by atoms with Gasteiger partial charge in [-0.15, -0.1) is 11.8 Å². The van der Waals surface area contributed by atoms with Crippen LogP contribution in [0.5, 0.6) is 0 Å². The van der Waals surface area contributed by atoms with Crippen LogP contribution in [0.4, 0.5) is 10.8 Å². The largest absolute Gasteiger partial charge is 0.543 e. The Morgan fingerprint density at radius 3 is 2.74 bits per heavy atom. The Kier molecular flexibility index (Phi) is 9.05. The van der Waals surface area contributed by atoms with Gasteiger partial charge in [0, 0.05) is 41.7 Å². The molecule has 15 nitrogen and oxygen atoms in total. The van der Waals surface area contributed by atoms with Gasteiger partial charge in [-0.1, -0.05) is 28.1 Å². The molecule has 5 rings (SSSR count). The highest BCUT2D eigenvalue weighted by molar-refractivity contribution is 8.00. The molecule has 2 fully saturated rings. The van der Waals surface area contributed by atoms with Crippen molar-refractivity contribution < 1.29 is 38.8 Å². The minimum atomic E-state index is -1.51. The fourth-order valence-electron chi connectivity index (χ4n) is 4.73. The number of carbonyl (C=O) groups excluding carboxylic acids is 3. The molecule has 2 saturated heterocycles. The third kappa shape index (κ3) is 6.53. The predicted molar refractivity (Wildman–Crippen MR) is 155 cm³/mol. The average molecular weight is 651 g/mol. The van der Waals surface area contributed by atoms with Gasteiger partial charge in [-0.05, 0) is 19.9 Å². The van der Waals surface area contributed by atoms with Crippen LogP contribution in [0.15, 0.2) is 41.0 Å². The number of rotatable bonds is 11. The molecule has 2 amide bonds. The summed E-state index contributed by atoms with van der Waals surface area (Å²) in [5, 5.41) is 33.5. The van der Waals surface area contributed by atoms with Crippen LogP contribution in [-0.4, -0.2) is 86.9 Å². The Balaban J connectivity index is 1.30. The number of carboxylic acids is 2. The Morgan fingerprint density at radius 1 is 1.40 bits per heavy atom. The molecule has 5 heterocycles. The SMILES string of the molecule is C[C@H](O/N=C(\C(=O)N[C@@H]1C(=O)N2C(C(=O)[O-])=C(C[n+]3ccc(N[C@H]4CCNC4)cc3)CS[C@H]12)c1nc(N)sc1Cl)C(=O)O. The number of nitrogens with two attached hydrogens (primary N) is 1. The zero-order valence-electron chi connectivity index (χ0n) is 22.6. The van der Waals surface area contributed by atoms with E-state index in [1.54, 1.807) is 0 Å². The fraction of sp³-hybridized carbons (Fsp3) is 0.400. The number of oxime groups is 1. The number of fused-ring (bicyclic) bond motifs is 1. The molecule has 0 bridgehead atoms. The minimum absolute atomic E-state index is 0.00439. The number of nitrogens with zero attached hydrogens (tertiary/aromatic N) is 4. The first kappa shape index (κ1) is 30.5. The number of hydrogen-bond acceptors (Lipinski definition) is 13. The second-order valence-electron chi connectivity index (χ2n) is 9.89. The second-order valence-corrected chi connectivity index (χ2v) is 12.6. The van der Waals surface area contributed by atoms with Gasteiger partial charge in [-0.2, -0.15) is 0 Å². The second kappa shape index (κ2) is 12.7. The molecule has 2 aromatic rings. The maximum Gasteiger partial charge on any atom is 0.347 e. The van der Waals surface area contributed by atoms with Gasteiger partial charge in [0.2, 0.25) is 6.10 Å². The van der Waals surface area contributed by atoms with Gasteiger partial charge in [0.1, 0.15) is 21.4 Å². The standard InChI is InChI=1S/C25H27ClN8O7S2/c1-11(23(37)38)41-32-16(15-19(26)43-25(27)31-15)20(35)30-17-21(36)34-18(24(39)40)12(10-42-22(17)34)9-33-6-3-13(4-7-33)29-14-2-5-28-8-14/h3-4,6-7,11,14,17,22,28H,2,5,8-10H2,1H3,(H5,27,30,31,35,37,38,39,40)/b32-16-/t11-,14-,17+,22+/m0/s1. The number of thioether (sulfide) groups is 1. The van der Waals surface area contributed by atoms with Crippen LogP contribution in [0.1, 0.15) is 19.0 Å². The van der Waals surface area contributed by atoms with Crippen LogP contribution in [-0.2, 0) is 30.6 Å². The lowest BCUT2D eigenvalue weighted by Gasteiger charge is -2.50. The van der Waals surface area contributed by atoms with Crippen molar-refractivity contribution >= 4 is 75.0 Å². The molecule has 0 saturated carbocycles. The van der Waals surface area contributed by atoms with Crippen molar-refractivity contribution in [3.63, 3.8) is 0 Å². The number of carbonyl (C=O) groups is 4. The summed E-state index contributed by atoms with van der Waals surface area (Å²) < 4.78 is 1.81. The van der Waals surface area contributed by atoms with Crippen LogP contribution in [0.3, 0.4) is 0 Å². The molecule has 0 aromatic carbocycles. The van der Waals surface area contributed by atoms with Crippen molar-refractivity contribution in [2.24, 2.45) is 5.16 Å². The molecule has 228 valence electrons. The molecular weight excluding hydrogens is 624 g/mol. The van der Waals surface area contributed by atoms with E-state index in [9.17, 15) is 24.3 Å². The molecule has 2 aromatic heterocycles. The van der Waals surface area contributed by atoms with E-state index in [-0.39, 0.29) is 33.2 Å². The van der Waals surface area contributed by atoms with Crippen LogP contribution in [0.2, 0.25) is 4.34 Å². The molecule has 0 radical (unpaired) electrons. The highest BCUT2D eigenvalue weighted by Gasteiger charge is 2.53. The summed E-state index contributed by atoms with van der Waals surface area (Å²) in [5.41, 5.74) is 6.22. The Hall–Kier alpha value is -3.93. The van der Waals surface area contributed by atoms with Crippen LogP contribution >= 0.6 is 34.7 Å². The van der Waals surface area contributed by atoms with Gasteiger partial charge in [0.05, 0.1) is 11.7 Å². The lowest BCUT2D eigenvalue weighted by Crippen LogP contribution is -2.71. The number of nitrogen functional groups attached to an aromatic ring is 1. The molecule has 0 unspecified atom stereocenters. The third-order valence-electron chi connectivity index (χ3n) is 6.91. The fourth-order valence-corrected chi connectivity index (χ4v) is 6.99. The van der Waals surface area contributed by atoms with E-state index < -0.39 is 47.0 Å². The Bertz CT molecular complexity index is 1510. The van der Waals surface area contributed by atoms with E-state index in [0.717, 1.165) is 41.4 Å². The number of amides is 2. The van der Waals surface area contributed by atoms with E-state index in [1.807, 2.05) is 29.1 Å². The van der Waals surface area contributed by atoms with Crippen molar-refractivity contribution in [2.75, 3.05) is 29.9 Å². The number of hydrogen-bond donors (Lipinski definition) is 5. The molecule has 43 heavy (non-hydrogen) atoms. The third-order valence-corrected chi connectivity index (χ3v) is 9.34. The zero-order valence-corrected chi connectivity index (χ0v) is 25.0. The van der Waals surface area contributed by atoms with E-state index in [0.29, 0.717) is 11.6 Å². The number of aliphatic carboxylic acids is 2. The summed E-state index contributed by atoms with van der Waals surface area (Å²) in [5.74, 6) is -4.18. The molecule has 18 heteroatoms. The number of anilines is 2. The molecule has 6 N–H and O–H groups in total. The van der Waals surface area contributed by atoms with Crippen molar-refractivity contribution in [1.29, 1.82) is 0 Å². The van der Waals surface area contributed by atoms with Gasteiger partial charge in [-0.25, -0.2) is 14.3 Å². The quantitative estimate of drug-likeness (QED) is 0.0834. The van der Waals surface area contributed by atoms with Crippen LogP contribution < -0.4 is 31.4 Å². The van der Waals surface area contributed by atoms with Crippen molar-refractivity contribution in [3.05, 3.63) is 45.8 Å². The van der Waals surface area contributed by atoms with E-state index in [4.69, 9.17) is 27.3 Å². The minimum Gasteiger partial charge on any atom is -0.543 e. The molecule has 0 spiro atoms. The summed E-state index contributed by atoms with van der Waals surface area (Å²) in [4.78, 5) is 59.8. The first-order valence-corrected chi connectivity index (χ1v) is 15.3. The topological polar surface area (TPSA) is 215 Å². The van der Waals surface area contributed by atoms with Gasteiger partial charge in [0.25, 0.3) is 11.8 Å².